The predicted molar refractivity (Wildman–Crippen MR) is 96.6 cm³/mol. The molecule has 2 aromatic heterocycles. The molecule has 2 heterocycles. The number of hydrogen-bond acceptors (Lipinski definition) is 3. The highest BCUT2D eigenvalue weighted by Crippen LogP contribution is 2.37. The molecule has 1 amide bonds. The topological polar surface area (TPSA) is 95.1 Å². The summed E-state index contributed by atoms with van der Waals surface area (Å²) in [6.45, 7) is 2.51. The number of hydrogen-bond donors (Lipinski definition) is 3. The number of aromatic nitrogens is 2. The standard InChI is InChI=1S/C19H16F3N3O3/c1-18(2,17(27)28)16(26)25-14-8-7-10-9-13(23-15(10)24-14)11-5-3-4-6-12(11)19(20,21)22/h3-9H,1-2H3,(H,27,28)(H2,23,24,25,26). The molecule has 28 heavy (non-hydrogen) atoms. The van der Waals surface area contributed by atoms with Gasteiger partial charge >= 0.3 is 12.1 Å². The molecule has 146 valence electrons. The first-order valence-corrected chi connectivity index (χ1v) is 8.21. The van der Waals surface area contributed by atoms with Crippen LogP contribution in [0, 0.1) is 5.41 Å². The van der Waals surface area contributed by atoms with Crippen LogP contribution < -0.4 is 5.32 Å². The van der Waals surface area contributed by atoms with Crippen molar-refractivity contribution in [2.45, 2.75) is 20.0 Å². The predicted octanol–water partition coefficient (Wildman–Crippen LogP) is 4.30. The second kappa shape index (κ2) is 6.66. The van der Waals surface area contributed by atoms with Crippen LogP contribution >= 0.6 is 0 Å². The molecule has 0 aliphatic heterocycles. The number of carbonyl (C=O) groups excluding carboxylic acids is 1. The van der Waals surface area contributed by atoms with E-state index in [4.69, 9.17) is 5.11 Å². The van der Waals surface area contributed by atoms with Gasteiger partial charge in [-0.15, -0.1) is 0 Å². The Morgan fingerprint density at radius 1 is 1.11 bits per heavy atom. The SMILES string of the molecule is CC(C)(C(=O)O)C(=O)Nc1ccc2cc(-c3ccccc3C(F)(F)F)[nH]c2n1. The lowest BCUT2D eigenvalue weighted by Gasteiger charge is -2.17. The number of alkyl halides is 3. The number of nitrogens with zero attached hydrogens (tertiary/aromatic N) is 1. The third kappa shape index (κ3) is 3.55. The Bertz CT molecular complexity index is 1070. The van der Waals surface area contributed by atoms with Crippen molar-refractivity contribution in [2.75, 3.05) is 5.32 Å². The van der Waals surface area contributed by atoms with E-state index in [0.29, 0.717) is 5.39 Å². The Balaban J connectivity index is 1.97. The van der Waals surface area contributed by atoms with Crippen molar-refractivity contribution in [2.24, 2.45) is 5.41 Å². The maximum absolute atomic E-state index is 13.2. The van der Waals surface area contributed by atoms with Gasteiger partial charge in [-0.25, -0.2) is 4.98 Å². The Hall–Kier alpha value is -3.36. The van der Waals surface area contributed by atoms with Gasteiger partial charge in [0.25, 0.3) is 0 Å². The van der Waals surface area contributed by atoms with Crippen LogP contribution in [0.25, 0.3) is 22.3 Å². The van der Waals surface area contributed by atoms with E-state index in [9.17, 15) is 22.8 Å². The van der Waals surface area contributed by atoms with Gasteiger partial charge in [0.05, 0.1) is 5.56 Å². The van der Waals surface area contributed by atoms with Gasteiger partial charge in [0.2, 0.25) is 5.91 Å². The molecule has 0 bridgehead atoms. The van der Waals surface area contributed by atoms with Gasteiger partial charge in [-0.2, -0.15) is 13.2 Å². The first kappa shape index (κ1) is 19.4. The van der Waals surface area contributed by atoms with Crippen LogP contribution in [0.1, 0.15) is 19.4 Å². The van der Waals surface area contributed by atoms with Crippen molar-refractivity contribution in [3.8, 4) is 11.3 Å². The molecule has 0 atom stereocenters. The summed E-state index contributed by atoms with van der Waals surface area (Å²) in [7, 11) is 0. The summed E-state index contributed by atoms with van der Waals surface area (Å²) >= 11 is 0. The maximum atomic E-state index is 13.2. The van der Waals surface area contributed by atoms with Gasteiger partial charge < -0.3 is 15.4 Å². The molecule has 0 radical (unpaired) electrons. The third-order valence-electron chi connectivity index (χ3n) is 4.35. The molecule has 3 rings (SSSR count). The second-order valence-electron chi connectivity index (χ2n) is 6.74. The molecule has 0 spiro atoms. The molecule has 3 N–H and O–H groups in total. The van der Waals surface area contributed by atoms with E-state index < -0.39 is 29.0 Å². The molecule has 6 nitrogen and oxygen atoms in total. The minimum atomic E-state index is -4.51. The summed E-state index contributed by atoms with van der Waals surface area (Å²) in [4.78, 5) is 30.3. The Morgan fingerprint density at radius 2 is 1.79 bits per heavy atom. The highest BCUT2D eigenvalue weighted by molar-refractivity contribution is 6.07. The molecular weight excluding hydrogens is 375 g/mol. The summed E-state index contributed by atoms with van der Waals surface area (Å²) in [6.07, 6.45) is -4.51. The third-order valence-corrected chi connectivity index (χ3v) is 4.35. The van der Waals surface area contributed by atoms with Crippen molar-refractivity contribution in [3.05, 3.63) is 48.0 Å². The summed E-state index contributed by atoms with van der Waals surface area (Å²) < 4.78 is 39.7. The fourth-order valence-corrected chi connectivity index (χ4v) is 2.56. The number of pyridine rings is 1. The number of fused-ring (bicyclic) bond motifs is 1. The van der Waals surface area contributed by atoms with Crippen LogP contribution in [0.5, 0.6) is 0 Å². The van der Waals surface area contributed by atoms with Crippen molar-refractivity contribution >= 4 is 28.7 Å². The van der Waals surface area contributed by atoms with Crippen molar-refractivity contribution < 1.29 is 27.9 Å². The number of H-pyrrole nitrogens is 1. The van der Waals surface area contributed by atoms with Gasteiger partial charge in [-0.05, 0) is 38.1 Å². The smallest absolute Gasteiger partial charge is 0.417 e. The van der Waals surface area contributed by atoms with Gasteiger partial charge in [0.15, 0.2) is 0 Å². The lowest BCUT2D eigenvalue weighted by Crippen LogP contribution is -2.38. The van der Waals surface area contributed by atoms with E-state index in [-0.39, 0.29) is 22.7 Å². The quantitative estimate of drug-likeness (QED) is 0.578. The van der Waals surface area contributed by atoms with E-state index in [1.54, 1.807) is 6.07 Å². The van der Waals surface area contributed by atoms with Gasteiger partial charge in [-0.3, -0.25) is 9.59 Å². The lowest BCUT2D eigenvalue weighted by atomic mass is 9.93. The monoisotopic (exact) mass is 391 g/mol. The maximum Gasteiger partial charge on any atom is 0.417 e. The molecule has 3 aromatic rings. The summed E-state index contributed by atoms with van der Waals surface area (Å²) in [6, 6.07) is 9.71. The number of carbonyl (C=O) groups is 2. The van der Waals surface area contributed by atoms with Gasteiger partial charge in [0, 0.05) is 16.6 Å². The molecule has 1 aromatic carbocycles. The second-order valence-corrected chi connectivity index (χ2v) is 6.74. The number of carboxylic acid groups (broad SMARTS) is 1. The number of aromatic amines is 1. The molecule has 0 fully saturated rings. The number of amides is 1. The fourth-order valence-electron chi connectivity index (χ4n) is 2.56. The zero-order chi connectivity index (χ0) is 20.7. The first-order chi connectivity index (χ1) is 13.0. The van der Waals surface area contributed by atoms with E-state index >= 15 is 0 Å². The van der Waals surface area contributed by atoms with Crippen LogP contribution in [0.4, 0.5) is 19.0 Å². The number of benzene rings is 1. The molecule has 9 heteroatoms. The van der Waals surface area contributed by atoms with Crippen LogP contribution in [-0.4, -0.2) is 27.0 Å². The summed E-state index contributed by atoms with van der Waals surface area (Å²) in [5.41, 5.74) is -1.98. The van der Waals surface area contributed by atoms with Crippen molar-refractivity contribution in [3.63, 3.8) is 0 Å². The first-order valence-electron chi connectivity index (χ1n) is 8.21. The fraction of sp³-hybridized carbons (Fsp3) is 0.211. The average Bonchev–Trinajstić information content (AvgIpc) is 3.04. The number of anilines is 1. The van der Waals surface area contributed by atoms with Crippen LogP contribution in [-0.2, 0) is 15.8 Å². The number of carboxylic acids is 1. The van der Waals surface area contributed by atoms with Crippen LogP contribution in [0.2, 0.25) is 0 Å². The lowest BCUT2D eigenvalue weighted by molar-refractivity contribution is -0.151. The number of nitrogens with one attached hydrogen (secondary N) is 2. The van der Waals surface area contributed by atoms with Gasteiger partial charge in [-0.1, -0.05) is 18.2 Å². The van der Waals surface area contributed by atoms with E-state index in [1.165, 1.54) is 44.2 Å². The Labute approximate surface area is 157 Å². The molecule has 0 saturated heterocycles. The van der Waals surface area contributed by atoms with E-state index in [2.05, 4.69) is 15.3 Å². The highest BCUT2D eigenvalue weighted by atomic mass is 19.4. The number of rotatable bonds is 4. The minimum absolute atomic E-state index is 0.0226. The van der Waals surface area contributed by atoms with Gasteiger partial charge in [0.1, 0.15) is 16.9 Å². The largest absolute Gasteiger partial charge is 0.480 e. The normalized spacial score (nSPS) is 12.2. The van der Waals surface area contributed by atoms with E-state index in [1.807, 2.05) is 0 Å². The highest BCUT2D eigenvalue weighted by Gasteiger charge is 2.36. The minimum Gasteiger partial charge on any atom is -0.480 e. The molecule has 0 aliphatic rings. The number of halogens is 3. The zero-order valence-corrected chi connectivity index (χ0v) is 14.9. The van der Waals surface area contributed by atoms with E-state index in [0.717, 1.165) is 6.07 Å². The van der Waals surface area contributed by atoms with Crippen LogP contribution in [0.3, 0.4) is 0 Å². The average molecular weight is 391 g/mol. The zero-order valence-electron chi connectivity index (χ0n) is 14.9. The van der Waals surface area contributed by atoms with Crippen molar-refractivity contribution in [1.29, 1.82) is 0 Å². The molecule has 0 unspecified atom stereocenters. The van der Waals surface area contributed by atoms with Crippen molar-refractivity contribution in [1.82, 2.24) is 9.97 Å². The Kier molecular flexibility index (Phi) is 4.62. The number of aliphatic carboxylic acids is 1. The molecular formula is C19H16F3N3O3. The molecule has 0 aliphatic carbocycles. The summed E-state index contributed by atoms with van der Waals surface area (Å²) in [5, 5.41) is 12.1. The molecule has 0 saturated carbocycles. The summed E-state index contributed by atoms with van der Waals surface area (Å²) in [5.74, 6) is -1.97. The Morgan fingerprint density at radius 3 is 2.43 bits per heavy atom. The van der Waals surface area contributed by atoms with Crippen LogP contribution in [0.15, 0.2) is 42.5 Å².